The zero-order valence-electron chi connectivity index (χ0n) is 13.8. The molecule has 1 atom stereocenters. The van der Waals surface area contributed by atoms with Gasteiger partial charge in [0.2, 0.25) is 0 Å². The van der Waals surface area contributed by atoms with Crippen molar-refractivity contribution in [2.24, 2.45) is 5.10 Å². The van der Waals surface area contributed by atoms with Crippen LogP contribution in [0.1, 0.15) is 24.5 Å². The average molecular weight is 356 g/mol. The molecule has 0 radical (unpaired) electrons. The number of carbonyl (C=O) groups excluding carboxylic acids is 2. The summed E-state index contributed by atoms with van der Waals surface area (Å²) in [6.45, 7) is 1.73. The highest BCUT2D eigenvalue weighted by Crippen LogP contribution is 2.23. The van der Waals surface area contributed by atoms with E-state index in [1.807, 2.05) is 30.3 Å². The molecule has 2 aromatic rings. The van der Waals surface area contributed by atoms with Gasteiger partial charge in [0.05, 0.1) is 6.21 Å². The van der Waals surface area contributed by atoms with Crippen molar-refractivity contribution in [3.8, 4) is 0 Å². The van der Waals surface area contributed by atoms with Crippen molar-refractivity contribution < 1.29 is 9.59 Å². The Bertz CT molecular complexity index is 805. The predicted octanol–water partition coefficient (Wildman–Crippen LogP) is 3.62. The zero-order valence-corrected chi connectivity index (χ0v) is 14.5. The van der Waals surface area contributed by atoms with Crippen molar-refractivity contribution in [2.45, 2.75) is 25.3 Å². The molecule has 1 fully saturated rings. The third kappa shape index (κ3) is 3.88. The number of urea groups is 1. The Morgan fingerprint density at radius 1 is 1.12 bits per heavy atom. The lowest BCUT2D eigenvalue weighted by Crippen LogP contribution is -2.44. The van der Waals surface area contributed by atoms with Gasteiger partial charge in [0.25, 0.3) is 5.91 Å². The van der Waals surface area contributed by atoms with Gasteiger partial charge >= 0.3 is 6.03 Å². The molecule has 0 aromatic heterocycles. The van der Waals surface area contributed by atoms with Gasteiger partial charge in [-0.15, -0.1) is 5.01 Å². The number of imide groups is 1. The first-order valence-electron chi connectivity index (χ1n) is 7.98. The fourth-order valence-electron chi connectivity index (χ4n) is 2.65. The average Bonchev–Trinajstić information content (AvgIpc) is 2.83. The summed E-state index contributed by atoms with van der Waals surface area (Å²) < 4.78 is 0. The molecule has 6 heteroatoms. The number of benzene rings is 2. The van der Waals surface area contributed by atoms with Crippen LogP contribution >= 0.6 is 11.6 Å². The quantitative estimate of drug-likeness (QED) is 0.657. The maximum atomic E-state index is 12.6. The van der Waals surface area contributed by atoms with Crippen LogP contribution in [0.4, 0.5) is 4.79 Å². The molecular weight excluding hydrogens is 338 g/mol. The van der Waals surface area contributed by atoms with Gasteiger partial charge in [-0.3, -0.25) is 4.79 Å². The van der Waals surface area contributed by atoms with Crippen LogP contribution in [0.25, 0.3) is 0 Å². The first kappa shape index (κ1) is 17.2. The fraction of sp³-hybridized carbons (Fsp3) is 0.211. The molecule has 128 valence electrons. The highest BCUT2D eigenvalue weighted by atomic mass is 35.5. The second-order valence-corrected chi connectivity index (χ2v) is 6.60. The summed E-state index contributed by atoms with van der Waals surface area (Å²) in [5, 5.41) is 8.29. The predicted molar refractivity (Wildman–Crippen MR) is 97.6 cm³/mol. The first-order valence-corrected chi connectivity index (χ1v) is 8.36. The molecule has 1 aliphatic heterocycles. The second-order valence-electron chi connectivity index (χ2n) is 6.16. The molecule has 0 saturated carbocycles. The number of aryl methyl sites for hydroxylation is 1. The molecule has 1 heterocycles. The van der Waals surface area contributed by atoms with Gasteiger partial charge in [-0.25, -0.2) is 4.79 Å². The topological polar surface area (TPSA) is 61.8 Å². The van der Waals surface area contributed by atoms with E-state index in [0.29, 0.717) is 17.9 Å². The molecule has 25 heavy (non-hydrogen) atoms. The summed E-state index contributed by atoms with van der Waals surface area (Å²) >= 11 is 5.83. The maximum Gasteiger partial charge on any atom is 0.346 e. The highest BCUT2D eigenvalue weighted by Gasteiger charge is 2.47. The van der Waals surface area contributed by atoms with Crippen LogP contribution in [0.3, 0.4) is 0 Å². The van der Waals surface area contributed by atoms with Gasteiger partial charge in [-0.05, 0) is 43.0 Å². The van der Waals surface area contributed by atoms with Crippen LogP contribution in [0.2, 0.25) is 5.02 Å². The Morgan fingerprint density at radius 3 is 2.48 bits per heavy atom. The van der Waals surface area contributed by atoms with Crippen molar-refractivity contribution >= 4 is 29.8 Å². The van der Waals surface area contributed by atoms with E-state index in [2.05, 4.69) is 10.4 Å². The van der Waals surface area contributed by atoms with Gasteiger partial charge < -0.3 is 5.32 Å². The van der Waals surface area contributed by atoms with Gasteiger partial charge in [-0.1, -0.05) is 54.1 Å². The SMILES string of the molecule is C[C@@]1(CCc2ccccc2)NC(=O)N(/N=C\c2ccc(Cl)cc2)C1=O. The Labute approximate surface area is 151 Å². The molecule has 0 spiro atoms. The molecule has 0 bridgehead atoms. The summed E-state index contributed by atoms with van der Waals surface area (Å²) in [7, 11) is 0. The Kier molecular flexibility index (Phi) is 4.86. The van der Waals surface area contributed by atoms with Crippen molar-refractivity contribution in [3.63, 3.8) is 0 Å². The molecule has 5 nitrogen and oxygen atoms in total. The van der Waals surface area contributed by atoms with E-state index in [1.165, 1.54) is 6.21 Å². The van der Waals surface area contributed by atoms with Crippen LogP contribution in [0.15, 0.2) is 59.7 Å². The minimum Gasteiger partial charge on any atom is -0.322 e. The number of carbonyl (C=O) groups is 2. The van der Waals surface area contributed by atoms with E-state index in [9.17, 15) is 9.59 Å². The Balaban J connectivity index is 1.69. The molecule has 2 aromatic carbocycles. The molecule has 0 aliphatic carbocycles. The molecular formula is C19H18ClN3O2. The van der Waals surface area contributed by atoms with Crippen molar-refractivity contribution in [1.82, 2.24) is 10.3 Å². The molecule has 3 amide bonds. The Morgan fingerprint density at radius 2 is 1.80 bits per heavy atom. The van der Waals surface area contributed by atoms with Gasteiger partial charge in [0.15, 0.2) is 0 Å². The number of halogens is 1. The highest BCUT2D eigenvalue weighted by molar-refractivity contribution is 6.30. The lowest BCUT2D eigenvalue weighted by atomic mass is 9.93. The van der Waals surface area contributed by atoms with Gasteiger partial charge in [0, 0.05) is 5.02 Å². The number of hydrogen-bond acceptors (Lipinski definition) is 3. The monoisotopic (exact) mass is 355 g/mol. The van der Waals surface area contributed by atoms with Crippen molar-refractivity contribution in [2.75, 3.05) is 0 Å². The van der Waals surface area contributed by atoms with E-state index in [4.69, 9.17) is 11.6 Å². The summed E-state index contributed by atoms with van der Waals surface area (Å²) in [5.41, 5.74) is 0.918. The van der Waals surface area contributed by atoms with Crippen LogP contribution in [0, 0.1) is 0 Å². The summed E-state index contributed by atoms with van der Waals surface area (Å²) in [5.74, 6) is -0.348. The van der Waals surface area contributed by atoms with Gasteiger partial charge in [-0.2, -0.15) is 5.10 Å². The number of hydrogen-bond donors (Lipinski definition) is 1. The van der Waals surface area contributed by atoms with Crippen molar-refractivity contribution in [1.29, 1.82) is 0 Å². The minimum atomic E-state index is -0.954. The molecule has 1 saturated heterocycles. The molecule has 0 unspecified atom stereocenters. The first-order chi connectivity index (χ1) is 12.0. The molecule has 1 aliphatic rings. The summed E-state index contributed by atoms with van der Waals surface area (Å²) in [4.78, 5) is 24.8. The number of nitrogens with one attached hydrogen (secondary N) is 1. The summed E-state index contributed by atoms with van der Waals surface area (Å²) in [6.07, 6.45) is 2.67. The second kappa shape index (κ2) is 7.07. The van der Waals surface area contributed by atoms with E-state index in [-0.39, 0.29) is 5.91 Å². The lowest BCUT2D eigenvalue weighted by Gasteiger charge is -2.20. The largest absolute Gasteiger partial charge is 0.346 e. The smallest absolute Gasteiger partial charge is 0.322 e. The van der Waals surface area contributed by atoms with E-state index >= 15 is 0 Å². The number of hydrazone groups is 1. The summed E-state index contributed by atoms with van der Waals surface area (Å²) in [6, 6.07) is 16.3. The fourth-order valence-corrected chi connectivity index (χ4v) is 2.78. The normalized spacial score (nSPS) is 20.3. The van der Waals surface area contributed by atoms with Gasteiger partial charge in [0.1, 0.15) is 5.54 Å². The van der Waals surface area contributed by atoms with Crippen LogP contribution in [-0.4, -0.2) is 28.7 Å². The number of rotatable bonds is 5. The van der Waals surface area contributed by atoms with Crippen LogP contribution in [0.5, 0.6) is 0 Å². The van der Waals surface area contributed by atoms with E-state index < -0.39 is 11.6 Å². The number of amides is 3. The number of nitrogens with zero attached hydrogens (tertiary/aromatic N) is 2. The third-order valence-electron chi connectivity index (χ3n) is 4.19. The Hall–Kier alpha value is -2.66. The maximum absolute atomic E-state index is 12.6. The standard InChI is InChI=1S/C19H18ClN3O2/c1-19(12-11-14-5-3-2-4-6-14)17(24)23(18(25)22-19)21-13-15-7-9-16(20)10-8-15/h2-10,13H,11-12H2,1H3,(H,22,25)/b21-13-/t19-/m0/s1. The van der Waals surface area contributed by atoms with Crippen molar-refractivity contribution in [3.05, 3.63) is 70.7 Å². The van der Waals surface area contributed by atoms with E-state index in [0.717, 1.165) is 16.1 Å². The molecule has 1 N–H and O–H groups in total. The minimum absolute atomic E-state index is 0.348. The lowest BCUT2D eigenvalue weighted by molar-refractivity contribution is -0.130. The van der Waals surface area contributed by atoms with Crippen LogP contribution < -0.4 is 5.32 Å². The molecule has 3 rings (SSSR count). The third-order valence-corrected chi connectivity index (χ3v) is 4.44. The zero-order chi connectivity index (χ0) is 17.9. The van der Waals surface area contributed by atoms with E-state index in [1.54, 1.807) is 31.2 Å². The van der Waals surface area contributed by atoms with Crippen LogP contribution in [-0.2, 0) is 11.2 Å².